The van der Waals surface area contributed by atoms with Crippen molar-refractivity contribution >= 4 is 40.5 Å². The van der Waals surface area contributed by atoms with Gasteiger partial charge in [-0.25, -0.2) is 8.42 Å². The van der Waals surface area contributed by atoms with Crippen molar-refractivity contribution in [2.24, 2.45) is 5.92 Å². The maximum absolute atomic E-state index is 12.7. The Balaban J connectivity index is 0.00000342. The van der Waals surface area contributed by atoms with Gasteiger partial charge in [-0.2, -0.15) is 0 Å². The number of nitrogens with one attached hydrogen (secondary N) is 2. The zero-order chi connectivity index (χ0) is 24.0. The van der Waals surface area contributed by atoms with E-state index in [0.29, 0.717) is 19.0 Å². The second-order valence-electron chi connectivity index (χ2n) is 9.77. The minimum atomic E-state index is -3.37. The number of hydrogen-bond acceptors (Lipinski definition) is 5. The van der Waals surface area contributed by atoms with Crippen molar-refractivity contribution in [2.45, 2.75) is 63.6 Å². The molecule has 0 spiro atoms. The summed E-state index contributed by atoms with van der Waals surface area (Å²) in [6, 6.07) is 16.9. The summed E-state index contributed by atoms with van der Waals surface area (Å²) in [5.74, 6) is 1.20. The monoisotopic (exact) mass is 593 g/mol. The van der Waals surface area contributed by atoms with Crippen LogP contribution in [0.1, 0.15) is 62.1 Å². The van der Waals surface area contributed by atoms with Crippen LogP contribution in [0.15, 0.2) is 48.5 Å². The third-order valence-electron chi connectivity index (χ3n) is 7.27. The number of benzene rings is 2. The van der Waals surface area contributed by atoms with Crippen LogP contribution in [0.5, 0.6) is 5.75 Å². The van der Waals surface area contributed by atoms with Gasteiger partial charge in [0.05, 0.1) is 19.1 Å². The van der Waals surface area contributed by atoms with Crippen molar-refractivity contribution in [3.05, 3.63) is 59.7 Å². The first kappa shape index (κ1) is 36.4. The minimum Gasteiger partial charge on any atom is -0.496 e. The Morgan fingerprint density at radius 3 is 2.29 bits per heavy atom. The summed E-state index contributed by atoms with van der Waals surface area (Å²) < 4.78 is 32.7. The molecule has 1 aliphatic carbocycles. The Morgan fingerprint density at radius 1 is 0.974 bits per heavy atom. The van der Waals surface area contributed by atoms with Crippen LogP contribution in [0.25, 0.3) is 0 Å². The van der Waals surface area contributed by atoms with Crippen LogP contribution < -0.4 is 19.7 Å². The van der Waals surface area contributed by atoms with Gasteiger partial charge in [-0.1, -0.05) is 49.6 Å². The molecule has 4 rings (SSSR count). The number of anilines is 1. The van der Waals surface area contributed by atoms with E-state index in [2.05, 4.69) is 34.9 Å². The first-order valence-corrected chi connectivity index (χ1v) is 14.5. The van der Waals surface area contributed by atoms with Gasteiger partial charge < -0.3 is 26.3 Å². The fraction of sp³-hybridized carbons (Fsp3) is 0.556. The van der Waals surface area contributed by atoms with Gasteiger partial charge in [-0.3, -0.25) is 4.31 Å². The lowest BCUT2D eigenvalue weighted by Crippen LogP contribution is -2.45. The van der Waals surface area contributed by atoms with E-state index in [9.17, 15) is 8.42 Å². The minimum absolute atomic E-state index is 0. The zero-order valence-corrected chi connectivity index (χ0v) is 24.8. The average Bonchev–Trinajstić information content (AvgIpc) is 2.86. The fourth-order valence-corrected chi connectivity index (χ4v) is 6.43. The van der Waals surface area contributed by atoms with Crippen molar-refractivity contribution < 1.29 is 24.1 Å². The van der Waals surface area contributed by atoms with Crippen LogP contribution in [-0.2, 0) is 16.6 Å². The van der Waals surface area contributed by atoms with Crippen LogP contribution in [0, 0.1) is 5.92 Å². The molecule has 2 atom stereocenters. The highest BCUT2D eigenvalue weighted by molar-refractivity contribution is 7.92. The van der Waals surface area contributed by atoms with Crippen molar-refractivity contribution in [3.8, 4) is 5.75 Å². The van der Waals surface area contributed by atoms with Crippen molar-refractivity contribution in [3.63, 3.8) is 0 Å². The van der Waals surface area contributed by atoms with E-state index in [1.807, 2.05) is 24.3 Å². The quantitative estimate of drug-likeness (QED) is 0.456. The van der Waals surface area contributed by atoms with E-state index in [-0.39, 0.29) is 47.9 Å². The number of sulfonamides is 1. The van der Waals surface area contributed by atoms with Crippen LogP contribution in [-0.4, -0.2) is 51.9 Å². The lowest BCUT2D eigenvalue weighted by Gasteiger charge is -2.34. The van der Waals surface area contributed by atoms with Gasteiger partial charge in [0.1, 0.15) is 5.75 Å². The maximum Gasteiger partial charge on any atom is 0.232 e. The molecule has 0 radical (unpaired) electrons. The predicted octanol–water partition coefficient (Wildman–Crippen LogP) is 3.82. The molecule has 1 saturated heterocycles. The Hall–Kier alpha value is -1.59. The van der Waals surface area contributed by atoms with Gasteiger partial charge in [0, 0.05) is 30.7 Å². The maximum atomic E-state index is 12.7. The topological polar surface area (TPSA) is 134 Å². The number of hydrogen-bond donors (Lipinski definition) is 2. The largest absolute Gasteiger partial charge is 0.496 e. The van der Waals surface area contributed by atoms with E-state index in [4.69, 9.17) is 4.74 Å². The van der Waals surface area contributed by atoms with E-state index in [1.54, 1.807) is 11.4 Å². The molecule has 2 unspecified atom stereocenters. The van der Waals surface area contributed by atoms with Gasteiger partial charge in [0.25, 0.3) is 0 Å². The Labute approximate surface area is 240 Å². The molecular weight excluding hydrogens is 549 g/mol. The summed E-state index contributed by atoms with van der Waals surface area (Å²) in [5, 5.41) is 7.40. The Kier molecular flexibility index (Phi) is 16.5. The molecule has 2 fully saturated rings. The number of piperidine rings is 1. The van der Waals surface area contributed by atoms with Crippen LogP contribution in [0.4, 0.5) is 5.69 Å². The van der Waals surface area contributed by atoms with E-state index >= 15 is 0 Å². The van der Waals surface area contributed by atoms with Gasteiger partial charge in [0.2, 0.25) is 10.0 Å². The van der Waals surface area contributed by atoms with Gasteiger partial charge >= 0.3 is 0 Å². The fourth-order valence-electron chi connectivity index (χ4n) is 5.45. The molecule has 38 heavy (non-hydrogen) atoms. The molecule has 0 amide bonds. The number of halogens is 2. The third-order valence-corrected chi connectivity index (χ3v) is 8.43. The molecule has 1 heterocycles. The smallest absolute Gasteiger partial charge is 0.232 e. The highest BCUT2D eigenvalue weighted by atomic mass is 35.5. The summed E-state index contributed by atoms with van der Waals surface area (Å²) in [4.78, 5) is 0. The average molecular weight is 595 g/mol. The molecule has 6 N–H and O–H groups in total. The second kappa shape index (κ2) is 17.2. The first-order chi connectivity index (χ1) is 16.5. The molecule has 2 aromatic carbocycles. The molecular formula is C27H45Cl2N3O5S. The third kappa shape index (κ3) is 9.55. The van der Waals surface area contributed by atoms with Crippen LogP contribution in [0.3, 0.4) is 0 Å². The van der Waals surface area contributed by atoms with Crippen LogP contribution in [0.2, 0.25) is 0 Å². The summed E-state index contributed by atoms with van der Waals surface area (Å²) in [6.07, 6.45) is 9.38. The number of ether oxygens (including phenoxy) is 1. The number of nitrogens with zero attached hydrogens (tertiary/aromatic N) is 1. The van der Waals surface area contributed by atoms with Gasteiger partial charge in [-0.15, -0.1) is 24.8 Å². The highest BCUT2D eigenvalue weighted by Crippen LogP contribution is 2.31. The second-order valence-corrected chi connectivity index (χ2v) is 11.7. The zero-order valence-electron chi connectivity index (χ0n) is 22.3. The summed E-state index contributed by atoms with van der Waals surface area (Å²) >= 11 is 0. The number of methoxy groups -OCH3 is 1. The van der Waals surface area contributed by atoms with Crippen molar-refractivity contribution in [2.75, 3.05) is 30.8 Å². The summed E-state index contributed by atoms with van der Waals surface area (Å²) in [7, 11) is -1.70. The first-order valence-electron chi connectivity index (χ1n) is 12.6. The molecule has 2 aliphatic rings. The van der Waals surface area contributed by atoms with Crippen molar-refractivity contribution in [1.82, 2.24) is 10.6 Å². The van der Waals surface area contributed by atoms with Gasteiger partial charge in [0.15, 0.2) is 0 Å². The lowest BCUT2D eigenvalue weighted by molar-refractivity contribution is 0.303. The standard InChI is InChI=1S/C27H39N3O3S.2ClH.2H2O/c1-33-26-16-15-24(30(34(2,31)32)20-21-10-5-3-6-11-21)18-23(26)19-29-25-14-9-17-28-27(25)22-12-7-4-8-13-22;;;;/h4,7-8,12-13,15-16,18,21,25,27-29H,3,5-6,9-11,14,17,19-20H2,1-2H3;2*1H;2*1H2. The van der Waals surface area contributed by atoms with Crippen molar-refractivity contribution in [1.29, 1.82) is 0 Å². The molecule has 0 aromatic heterocycles. The predicted molar refractivity (Wildman–Crippen MR) is 161 cm³/mol. The van der Waals surface area contributed by atoms with Crippen LogP contribution >= 0.6 is 24.8 Å². The summed E-state index contributed by atoms with van der Waals surface area (Å²) in [6.45, 7) is 2.19. The SMILES string of the molecule is COc1ccc(N(CC2CCCCC2)S(C)(=O)=O)cc1CNC1CCCNC1c1ccccc1.Cl.Cl.O.O. The molecule has 8 nitrogen and oxygen atoms in total. The highest BCUT2D eigenvalue weighted by Gasteiger charge is 2.27. The van der Waals surface area contributed by atoms with E-state index in [0.717, 1.165) is 49.2 Å². The van der Waals surface area contributed by atoms with E-state index in [1.165, 1.54) is 31.1 Å². The Morgan fingerprint density at radius 2 is 1.66 bits per heavy atom. The lowest BCUT2D eigenvalue weighted by atomic mass is 9.89. The van der Waals surface area contributed by atoms with E-state index < -0.39 is 10.0 Å². The molecule has 11 heteroatoms. The molecule has 1 aliphatic heterocycles. The molecule has 2 aromatic rings. The molecule has 218 valence electrons. The molecule has 0 bridgehead atoms. The molecule has 1 saturated carbocycles. The normalized spacial score (nSPS) is 19.5. The Bertz CT molecular complexity index is 1040. The van der Waals surface area contributed by atoms with Gasteiger partial charge in [-0.05, 0) is 61.9 Å². The summed E-state index contributed by atoms with van der Waals surface area (Å²) in [5.41, 5.74) is 3.00. The number of rotatable bonds is 9.